The average Bonchev–Trinajstić information content (AvgIpc) is 2.03. The molecular weight excluding hydrogens is 152 g/mol. The predicted octanol–water partition coefficient (Wildman–Crippen LogP) is 0.0409. The summed E-state index contributed by atoms with van der Waals surface area (Å²) in [4.78, 5) is 0. The largest absolute Gasteiger partial charge is 0.392 e. The Kier molecular flexibility index (Phi) is 3.98. The van der Waals surface area contributed by atoms with E-state index < -0.39 is 0 Å². The van der Waals surface area contributed by atoms with E-state index >= 15 is 0 Å². The average molecular weight is 171 g/mol. The molecule has 12 heavy (non-hydrogen) atoms. The molecule has 3 heteroatoms. The zero-order valence-corrected chi connectivity index (χ0v) is 7.66. The highest BCUT2D eigenvalue weighted by Gasteiger charge is 2.21. The van der Waals surface area contributed by atoms with Crippen LogP contribution in [0.5, 0.6) is 0 Å². The highest BCUT2D eigenvalue weighted by atomic mass is 16.3. The van der Waals surface area contributed by atoms with E-state index in [1.165, 1.54) is 6.42 Å². The first-order valence-electron chi connectivity index (χ1n) is 4.70. The lowest BCUT2D eigenvalue weighted by Crippen LogP contribution is -2.49. The zero-order valence-electron chi connectivity index (χ0n) is 7.66. The van der Waals surface area contributed by atoms with Crippen LogP contribution in [0.2, 0.25) is 0 Å². The Balaban J connectivity index is 2.20. The van der Waals surface area contributed by atoms with E-state index in [1.807, 2.05) is 0 Å². The van der Waals surface area contributed by atoms with Gasteiger partial charge in [0.25, 0.3) is 0 Å². The SMILES string of the molecule is CC(O)CNC1CCC[CH]C1N. The van der Waals surface area contributed by atoms with Gasteiger partial charge in [0.05, 0.1) is 6.10 Å². The second kappa shape index (κ2) is 4.80. The number of rotatable bonds is 3. The van der Waals surface area contributed by atoms with Crippen LogP contribution in [0.3, 0.4) is 0 Å². The van der Waals surface area contributed by atoms with Crippen molar-refractivity contribution in [3.63, 3.8) is 0 Å². The van der Waals surface area contributed by atoms with Gasteiger partial charge in [0.15, 0.2) is 0 Å². The van der Waals surface area contributed by atoms with Gasteiger partial charge in [-0.2, -0.15) is 0 Å². The van der Waals surface area contributed by atoms with Crippen LogP contribution in [0.1, 0.15) is 26.2 Å². The molecule has 0 aromatic carbocycles. The summed E-state index contributed by atoms with van der Waals surface area (Å²) in [5.41, 5.74) is 5.87. The summed E-state index contributed by atoms with van der Waals surface area (Å²) in [5.74, 6) is 0. The van der Waals surface area contributed by atoms with E-state index in [1.54, 1.807) is 6.92 Å². The van der Waals surface area contributed by atoms with Crippen molar-refractivity contribution in [3.8, 4) is 0 Å². The van der Waals surface area contributed by atoms with E-state index in [0.29, 0.717) is 12.6 Å². The standard InChI is InChI=1S/C9H19N2O/c1-7(12)6-11-9-5-3-2-4-8(9)10/h4,7-9,11-12H,2-3,5-6,10H2,1H3. The Morgan fingerprint density at radius 1 is 1.75 bits per heavy atom. The van der Waals surface area contributed by atoms with E-state index in [4.69, 9.17) is 10.8 Å². The van der Waals surface area contributed by atoms with Crippen molar-refractivity contribution >= 4 is 0 Å². The summed E-state index contributed by atoms with van der Waals surface area (Å²) in [6, 6.07) is 0.533. The molecule has 0 aromatic rings. The number of aliphatic hydroxyl groups excluding tert-OH is 1. The summed E-state index contributed by atoms with van der Waals surface area (Å²) in [6.07, 6.45) is 5.35. The highest BCUT2D eigenvalue weighted by molar-refractivity contribution is 4.94. The fourth-order valence-electron chi connectivity index (χ4n) is 1.56. The third-order valence-electron chi connectivity index (χ3n) is 2.30. The number of nitrogens with two attached hydrogens (primary N) is 1. The molecule has 1 saturated carbocycles. The summed E-state index contributed by atoms with van der Waals surface area (Å²) in [5, 5.41) is 12.3. The van der Waals surface area contributed by atoms with Crippen LogP contribution in [0.15, 0.2) is 0 Å². The molecule has 0 saturated heterocycles. The number of hydrogen-bond donors (Lipinski definition) is 3. The molecule has 1 rings (SSSR count). The van der Waals surface area contributed by atoms with Gasteiger partial charge >= 0.3 is 0 Å². The van der Waals surface area contributed by atoms with Crippen LogP contribution in [-0.2, 0) is 0 Å². The quantitative estimate of drug-likeness (QED) is 0.562. The lowest BCUT2D eigenvalue weighted by molar-refractivity contribution is 0.181. The van der Waals surface area contributed by atoms with Gasteiger partial charge < -0.3 is 16.2 Å². The molecule has 1 fully saturated rings. The van der Waals surface area contributed by atoms with Crippen LogP contribution >= 0.6 is 0 Å². The van der Waals surface area contributed by atoms with Crippen molar-refractivity contribution in [2.45, 2.75) is 44.4 Å². The lowest BCUT2D eigenvalue weighted by Gasteiger charge is -2.29. The first kappa shape index (κ1) is 9.96. The van der Waals surface area contributed by atoms with E-state index in [0.717, 1.165) is 12.8 Å². The minimum atomic E-state index is -0.279. The Labute approximate surface area is 74.3 Å². The molecule has 0 spiro atoms. The van der Waals surface area contributed by atoms with E-state index in [2.05, 4.69) is 11.7 Å². The Morgan fingerprint density at radius 3 is 3.08 bits per heavy atom. The van der Waals surface area contributed by atoms with Gasteiger partial charge in [0.2, 0.25) is 0 Å². The molecule has 0 bridgehead atoms. The summed E-state index contributed by atoms with van der Waals surface area (Å²) < 4.78 is 0. The highest BCUT2D eigenvalue weighted by Crippen LogP contribution is 2.15. The molecule has 71 valence electrons. The van der Waals surface area contributed by atoms with Gasteiger partial charge in [-0.05, 0) is 26.2 Å². The van der Waals surface area contributed by atoms with Crippen molar-refractivity contribution in [2.24, 2.45) is 5.73 Å². The minimum absolute atomic E-state index is 0.164. The van der Waals surface area contributed by atoms with Gasteiger partial charge in [0.1, 0.15) is 0 Å². The fraction of sp³-hybridized carbons (Fsp3) is 0.889. The smallest absolute Gasteiger partial charge is 0.0636 e. The van der Waals surface area contributed by atoms with Gasteiger partial charge in [0, 0.05) is 18.6 Å². The van der Waals surface area contributed by atoms with Crippen molar-refractivity contribution in [2.75, 3.05) is 6.54 Å². The predicted molar refractivity (Wildman–Crippen MR) is 49.6 cm³/mol. The lowest BCUT2D eigenvalue weighted by atomic mass is 9.91. The van der Waals surface area contributed by atoms with E-state index in [-0.39, 0.29) is 12.1 Å². The Bertz CT molecular complexity index is 128. The van der Waals surface area contributed by atoms with Crippen LogP contribution in [0.25, 0.3) is 0 Å². The van der Waals surface area contributed by atoms with Gasteiger partial charge in [-0.1, -0.05) is 6.42 Å². The van der Waals surface area contributed by atoms with Crippen LogP contribution in [0.4, 0.5) is 0 Å². The minimum Gasteiger partial charge on any atom is -0.392 e. The molecule has 0 aromatic heterocycles. The van der Waals surface area contributed by atoms with Crippen LogP contribution < -0.4 is 11.1 Å². The molecule has 3 atom stereocenters. The van der Waals surface area contributed by atoms with E-state index in [9.17, 15) is 0 Å². The van der Waals surface area contributed by atoms with Crippen molar-refractivity contribution in [1.82, 2.24) is 5.32 Å². The topological polar surface area (TPSA) is 58.3 Å². The zero-order chi connectivity index (χ0) is 8.97. The summed E-state index contributed by atoms with van der Waals surface area (Å²) in [7, 11) is 0. The Hall–Kier alpha value is -0.120. The van der Waals surface area contributed by atoms with Crippen LogP contribution in [-0.4, -0.2) is 29.8 Å². The fourth-order valence-corrected chi connectivity index (χ4v) is 1.56. The van der Waals surface area contributed by atoms with Gasteiger partial charge in [-0.15, -0.1) is 0 Å². The molecule has 1 radical (unpaired) electrons. The number of aliphatic hydroxyl groups is 1. The van der Waals surface area contributed by atoms with Crippen LogP contribution in [0, 0.1) is 6.42 Å². The van der Waals surface area contributed by atoms with Gasteiger partial charge in [-0.3, -0.25) is 0 Å². The number of hydrogen-bond acceptors (Lipinski definition) is 3. The second-order valence-electron chi connectivity index (χ2n) is 3.61. The maximum absolute atomic E-state index is 9.06. The maximum atomic E-state index is 9.06. The molecule has 0 heterocycles. The Morgan fingerprint density at radius 2 is 2.50 bits per heavy atom. The third-order valence-corrected chi connectivity index (χ3v) is 2.30. The molecule has 1 aliphatic rings. The first-order chi connectivity index (χ1) is 5.70. The summed E-state index contributed by atoms with van der Waals surface area (Å²) >= 11 is 0. The number of nitrogens with one attached hydrogen (secondary N) is 1. The van der Waals surface area contributed by atoms with Crippen molar-refractivity contribution in [3.05, 3.63) is 6.42 Å². The third kappa shape index (κ3) is 3.09. The molecule has 0 aliphatic heterocycles. The first-order valence-corrected chi connectivity index (χ1v) is 4.70. The molecular formula is C9H19N2O. The maximum Gasteiger partial charge on any atom is 0.0636 e. The molecule has 3 nitrogen and oxygen atoms in total. The second-order valence-corrected chi connectivity index (χ2v) is 3.61. The molecule has 4 N–H and O–H groups in total. The van der Waals surface area contributed by atoms with Gasteiger partial charge in [-0.25, -0.2) is 0 Å². The normalized spacial score (nSPS) is 33.2. The van der Waals surface area contributed by atoms with Crippen molar-refractivity contribution in [1.29, 1.82) is 0 Å². The van der Waals surface area contributed by atoms with Crippen molar-refractivity contribution < 1.29 is 5.11 Å². The monoisotopic (exact) mass is 171 g/mol. The summed E-state index contributed by atoms with van der Waals surface area (Å²) in [6.45, 7) is 2.43. The molecule has 0 amide bonds. The molecule has 1 aliphatic carbocycles. The molecule has 3 unspecified atom stereocenters.